The Labute approximate surface area is 162 Å². The largest absolute Gasteiger partial charge is 0.494 e. The van der Waals surface area contributed by atoms with Crippen LogP contribution in [0.5, 0.6) is 5.75 Å². The normalized spacial score (nSPS) is 10.6. The third kappa shape index (κ3) is 7.43. The van der Waals surface area contributed by atoms with E-state index in [1.807, 2.05) is 30.3 Å². The highest BCUT2D eigenvalue weighted by molar-refractivity contribution is 5.90. The minimum Gasteiger partial charge on any atom is -0.494 e. The van der Waals surface area contributed by atoms with Gasteiger partial charge in [-0.25, -0.2) is 4.79 Å². The molecule has 0 fully saturated rings. The number of aliphatic hydroxyl groups excluding tert-OH is 1. The Morgan fingerprint density at radius 2 is 1.74 bits per heavy atom. The summed E-state index contributed by atoms with van der Waals surface area (Å²) in [6.45, 7) is 0.892. The van der Waals surface area contributed by atoms with Crippen molar-refractivity contribution >= 4 is 5.97 Å². The number of hydrogen-bond donors (Lipinski definition) is 1. The van der Waals surface area contributed by atoms with Crippen molar-refractivity contribution in [2.45, 2.75) is 44.9 Å². The number of methoxy groups -OCH3 is 1. The average Bonchev–Trinajstić information content (AvgIpc) is 2.71. The number of aliphatic hydroxyl groups is 1. The number of unbranched alkanes of at least 4 members (excludes halogenated alkanes) is 3. The predicted molar refractivity (Wildman–Crippen MR) is 107 cm³/mol. The standard InChI is InChI=1S/C23H30O4/c1-26-23(25)22-15-6-5-12-20(22)13-9-17-27-21-14-8-11-19(18-21)10-4-2-3-7-16-24/h5-6,8,11-12,14-15,18,24H,2-4,7,9-10,13,16-17H2,1H3. The molecule has 2 aromatic rings. The van der Waals surface area contributed by atoms with Crippen LogP contribution in [0.25, 0.3) is 0 Å². The first kappa shape index (κ1) is 21.0. The van der Waals surface area contributed by atoms with E-state index in [1.54, 1.807) is 6.07 Å². The maximum Gasteiger partial charge on any atom is 0.338 e. The summed E-state index contributed by atoms with van der Waals surface area (Å²) in [7, 11) is 1.40. The average molecular weight is 370 g/mol. The molecule has 0 spiro atoms. The van der Waals surface area contributed by atoms with Crippen LogP contribution in [0.3, 0.4) is 0 Å². The number of carbonyl (C=O) groups excluding carboxylic acids is 1. The minimum atomic E-state index is -0.293. The Morgan fingerprint density at radius 1 is 0.926 bits per heavy atom. The van der Waals surface area contributed by atoms with E-state index in [2.05, 4.69) is 12.1 Å². The highest BCUT2D eigenvalue weighted by Gasteiger charge is 2.10. The molecule has 0 saturated heterocycles. The van der Waals surface area contributed by atoms with Crippen molar-refractivity contribution in [2.75, 3.05) is 20.3 Å². The summed E-state index contributed by atoms with van der Waals surface area (Å²) in [5, 5.41) is 8.81. The molecule has 4 nitrogen and oxygen atoms in total. The molecule has 0 aliphatic heterocycles. The van der Waals surface area contributed by atoms with E-state index >= 15 is 0 Å². The van der Waals surface area contributed by atoms with Gasteiger partial charge in [-0.2, -0.15) is 0 Å². The van der Waals surface area contributed by atoms with Gasteiger partial charge in [-0.05, 0) is 61.4 Å². The van der Waals surface area contributed by atoms with Crippen molar-refractivity contribution in [3.05, 3.63) is 65.2 Å². The van der Waals surface area contributed by atoms with Gasteiger partial charge in [0, 0.05) is 6.61 Å². The molecule has 0 aliphatic rings. The fourth-order valence-electron chi connectivity index (χ4n) is 3.09. The molecule has 2 rings (SSSR count). The second-order valence-electron chi connectivity index (χ2n) is 6.64. The van der Waals surface area contributed by atoms with Crippen LogP contribution in [-0.2, 0) is 17.6 Å². The maximum absolute atomic E-state index is 11.8. The molecule has 0 bridgehead atoms. The summed E-state index contributed by atoms with van der Waals surface area (Å²) < 4.78 is 10.7. The molecule has 4 heteroatoms. The van der Waals surface area contributed by atoms with Crippen molar-refractivity contribution in [3.8, 4) is 5.75 Å². The molecule has 0 aromatic heterocycles. The highest BCUT2D eigenvalue weighted by atomic mass is 16.5. The summed E-state index contributed by atoms with van der Waals surface area (Å²) in [6.07, 6.45) is 6.89. The monoisotopic (exact) mass is 370 g/mol. The van der Waals surface area contributed by atoms with Crippen LogP contribution in [0.1, 0.15) is 53.6 Å². The molecule has 27 heavy (non-hydrogen) atoms. The zero-order chi connectivity index (χ0) is 19.3. The molecule has 0 heterocycles. The fourth-order valence-corrected chi connectivity index (χ4v) is 3.09. The van der Waals surface area contributed by atoms with Crippen molar-refractivity contribution in [1.29, 1.82) is 0 Å². The second-order valence-corrected chi connectivity index (χ2v) is 6.64. The van der Waals surface area contributed by atoms with Gasteiger partial charge in [-0.3, -0.25) is 0 Å². The van der Waals surface area contributed by atoms with Gasteiger partial charge in [0.1, 0.15) is 5.75 Å². The quantitative estimate of drug-likeness (QED) is 0.439. The fraction of sp³-hybridized carbons (Fsp3) is 0.435. The van der Waals surface area contributed by atoms with Crippen LogP contribution in [0.2, 0.25) is 0 Å². The first-order valence-electron chi connectivity index (χ1n) is 9.73. The van der Waals surface area contributed by atoms with E-state index in [-0.39, 0.29) is 12.6 Å². The second kappa shape index (κ2) is 12.1. The molecule has 0 atom stereocenters. The molecule has 0 aliphatic carbocycles. The molecular weight excluding hydrogens is 340 g/mol. The van der Waals surface area contributed by atoms with Crippen LogP contribution < -0.4 is 4.74 Å². The number of benzene rings is 2. The molecule has 2 aromatic carbocycles. The topological polar surface area (TPSA) is 55.8 Å². The van der Waals surface area contributed by atoms with Crippen LogP contribution in [0, 0.1) is 0 Å². The third-order valence-corrected chi connectivity index (χ3v) is 4.55. The zero-order valence-corrected chi connectivity index (χ0v) is 16.2. The lowest BCUT2D eigenvalue weighted by atomic mass is 10.0. The molecule has 0 unspecified atom stereocenters. The molecular formula is C23H30O4. The van der Waals surface area contributed by atoms with Crippen LogP contribution >= 0.6 is 0 Å². The number of ether oxygens (including phenoxy) is 2. The molecule has 1 N–H and O–H groups in total. The Hall–Kier alpha value is -2.33. The minimum absolute atomic E-state index is 0.285. The number of hydrogen-bond acceptors (Lipinski definition) is 4. The number of aryl methyl sites for hydroxylation is 2. The van der Waals surface area contributed by atoms with E-state index in [4.69, 9.17) is 14.6 Å². The highest BCUT2D eigenvalue weighted by Crippen LogP contribution is 2.17. The van der Waals surface area contributed by atoms with Gasteiger partial charge in [0.25, 0.3) is 0 Å². The summed E-state index contributed by atoms with van der Waals surface area (Å²) in [4.78, 5) is 11.8. The van der Waals surface area contributed by atoms with Crippen molar-refractivity contribution in [2.24, 2.45) is 0 Å². The van der Waals surface area contributed by atoms with Gasteiger partial charge < -0.3 is 14.6 Å². The van der Waals surface area contributed by atoms with Crippen LogP contribution in [0.15, 0.2) is 48.5 Å². The number of esters is 1. The van der Waals surface area contributed by atoms with Gasteiger partial charge in [0.15, 0.2) is 0 Å². The molecule has 146 valence electrons. The maximum atomic E-state index is 11.8. The van der Waals surface area contributed by atoms with E-state index in [1.165, 1.54) is 12.7 Å². The van der Waals surface area contributed by atoms with Crippen molar-refractivity contribution in [1.82, 2.24) is 0 Å². The number of carbonyl (C=O) groups is 1. The lowest BCUT2D eigenvalue weighted by molar-refractivity contribution is 0.0599. The summed E-state index contributed by atoms with van der Waals surface area (Å²) in [5.41, 5.74) is 2.90. The van der Waals surface area contributed by atoms with Gasteiger partial charge in [0.05, 0.1) is 19.3 Å². The lowest BCUT2D eigenvalue weighted by Crippen LogP contribution is -2.07. The van der Waals surface area contributed by atoms with Gasteiger partial charge in [-0.15, -0.1) is 0 Å². The molecule has 0 saturated carbocycles. The van der Waals surface area contributed by atoms with Crippen molar-refractivity contribution < 1.29 is 19.4 Å². The first-order chi connectivity index (χ1) is 13.2. The molecule has 0 amide bonds. The van der Waals surface area contributed by atoms with E-state index in [0.717, 1.165) is 56.3 Å². The summed E-state index contributed by atoms with van der Waals surface area (Å²) in [6, 6.07) is 15.8. The Bertz CT molecular complexity index is 696. The van der Waals surface area contributed by atoms with Gasteiger partial charge in [0.2, 0.25) is 0 Å². The van der Waals surface area contributed by atoms with E-state index in [9.17, 15) is 4.79 Å². The zero-order valence-electron chi connectivity index (χ0n) is 16.2. The molecule has 0 radical (unpaired) electrons. The number of rotatable bonds is 12. The smallest absolute Gasteiger partial charge is 0.338 e. The Balaban J connectivity index is 1.76. The van der Waals surface area contributed by atoms with E-state index in [0.29, 0.717) is 12.2 Å². The van der Waals surface area contributed by atoms with Crippen LogP contribution in [0.4, 0.5) is 0 Å². The SMILES string of the molecule is COC(=O)c1ccccc1CCCOc1cccc(CCCCCCO)c1. The Morgan fingerprint density at radius 3 is 2.56 bits per heavy atom. The first-order valence-corrected chi connectivity index (χ1v) is 9.73. The van der Waals surface area contributed by atoms with E-state index < -0.39 is 0 Å². The van der Waals surface area contributed by atoms with Crippen LogP contribution in [-0.4, -0.2) is 31.4 Å². The van der Waals surface area contributed by atoms with Gasteiger partial charge in [-0.1, -0.05) is 43.2 Å². The lowest BCUT2D eigenvalue weighted by Gasteiger charge is -2.10. The Kier molecular flexibility index (Phi) is 9.42. The third-order valence-electron chi connectivity index (χ3n) is 4.55. The van der Waals surface area contributed by atoms with Crippen molar-refractivity contribution in [3.63, 3.8) is 0 Å². The van der Waals surface area contributed by atoms with Gasteiger partial charge >= 0.3 is 5.97 Å². The summed E-state index contributed by atoms with van der Waals surface area (Å²) >= 11 is 0. The summed E-state index contributed by atoms with van der Waals surface area (Å²) in [5.74, 6) is 0.599. The predicted octanol–water partition coefficient (Wildman–Crippen LogP) is 4.58.